The molecule has 1 saturated heterocycles. The van der Waals surface area contributed by atoms with Crippen LogP contribution in [0.5, 0.6) is 5.75 Å². The molecular formula is C22H36IN3O3. The SMILES string of the molecule is CCNC(=NCCCCCCC(=O)OC)N1CCC(c2ccc(OC)cc2)C1.I. The Morgan fingerprint density at radius 2 is 1.90 bits per heavy atom. The second-order valence-electron chi connectivity index (χ2n) is 7.18. The van der Waals surface area contributed by atoms with Crippen molar-refractivity contribution in [3.63, 3.8) is 0 Å². The first-order valence-electron chi connectivity index (χ1n) is 10.4. The van der Waals surface area contributed by atoms with Gasteiger partial charge in [0.2, 0.25) is 0 Å². The van der Waals surface area contributed by atoms with Crippen LogP contribution in [0.3, 0.4) is 0 Å². The summed E-state index contributed by atoms with van der Waals surface area (Å²) in [6.45, 7) is 5.84. The first-order chi connectivity index (χ1) is 13.7. The quantitative estimate of drug-likeness (QED) is 0.166. The fraction of sp³-hybridized carbons (Fsp3) is 0.636. The number of nitrogens with zero attached hydrogens (tertiary/aromatic N) is 2. The third-order valence-electron chi connectivity index (χ3n) is 5.19. The number of benzene rings is 1. The van der Waals surface area contributed by atoms with E-state index in [2.05, 4.69) is 34.0 Å². The van der Waals surface area contributed by atoms with E-state index in [1.165, 1.54) is 12.7 Å². The number of rotatable bonds is 10. The van der Waals surface area contributed by atoms with Crippen molar-refractivity contribution in [1.82, 2.24) is 10.2 Å². The van der Waals surface area contributed by atoms with Crippen LogP contribution in [-0.4, -0.2) is 57.2 Å². The van der Waals surface area contributed by atoms with Gasteiger partial charge in [0.15, 0.2) is 5.96 Å². The Bertz CT molecular complexity index is 622. The molecule has 0 bridgehead atoms. The van der Waals surface area contributed by atoms with Crippen LogP contribution >= 0.6 is 24.0 Å². The molecule has 0 radical (unpaired) electrons. The van der Waals surface area contributed by atoms with Gasteiger partial charge in [0, 0.05) is 38.5 Å². The van der Waals surface area contributed by atoms with Gasteiger partial charge in [0.25, 0.3) is 0 Å². The summed E-state index contributed by atoms with van der Waals surface area (Å²) < 4.78 is 9.92. The number of unbranched alkanes of at least 4 members (excludes halogenated alkanes) is 3. The van der Waals surface area contributed by atoms with E-state index in [0.717, 1.165) is 70.0 Å². The van der Waals surface area contributed by atoms with E-state index >= 15 is 0 Å². The molecule has 1 aliphatic heterocycles. The van der Waals surface area contributed by atoms with Crippen molar-refractivity contribution >= 4 is 35.9 Å². The highest BCUT2D eigenvalue weighted by Gasteiger charge is 2.26. The number of halogens is 1. The lowest BCUT2D eigenvalue weighted by Gasteiger charge is -2.22. The fourth-order valence-electron chi connectivity index (χ4n) is 3.55. The molecule has 6 nitrogen and oxygen atoms in total. The second kappa shape index (κ2) is 14.5. The number of guanidine groups is 1. The molecule has 0 saturated carbocycles. The third-order valence-corrected chi connectivity index (χ3v) is 5.19. The van der Waals surface area contributed by atoms with Crippen molar-refractivity contribution in [2.24, 2.45) is 4.99 Å². The highest BCUT2D eigenvalue weighted by Crippen LogP contribution is 2.28. The number of methoxy groups -OCH3 is 2. The number of ether oxygens (including phenoxy) is 2. The number of hydrogen-bond donors (Lipinski definition) is 1. The molecule has 2 rings (SSSR count). The maximum absolute atomic E-state index is 11.1. The molecule has 1 unspecified atom stereocenters. The van der Waals surface area contributed by atoms with Gasteiger partial charge in [-0.15, -0.1) is 24.0 Å². The van der Waals surface area contributed by atoms with Gasteiger partial charge < -0.3 is 19.7 Å². The van der Waals surface area contributed by atoms with Gasteiger partial charge in [-0.25, -0.2) is 0 Å². The monoisotopic (exact) mass is 517 g/mol. The van der Waals surface area contributed by atoms with Crippen LogP contribution in [0.25, 0.3) is 0 Å². The number of carbonyl (C=O) groups is 1. The van der Waals surface area contributed by atoms with E-state index < -0.39 is 0 Å². The van der Waals surface area contributed by atoms with E-state index in [9.17, 15) is 4.79 Å². The third kappa shape index (κ3) is 8.80. The minimum Gasteiger partial charge on any atom is -0.497 e. The Labute approximate surface area is 192 Å². The number of likely N-dealkylation sites (tertiary alicyclic amines) is 1. The predicted octanol–water partition coefficient (Wildman–Crippen LogP) is 4.19. The van der Waals surface area contributed by atoms with Gasteiger partial charge in [-0.1, -0.05) is 25.0 Å². The van der Waals surface area contributed by atoms with Crippen LogP contribution in [0.2, 0.25) is 0 Å². The number of carbonyl (C=O) groups excluding carboxylic acids is 1. The largest absolute Gasteiger partial charge is 0.497 e. The van der Waals surface area contributed by atoms with Gasteiger partial charge in [0.05, 0.1) is 14.2 Å². The molecular weight excluding hydrogens is 481 g/mol. The van der Waals surface area contributed by atoms with Crippen LogP contribution < -0.4 is 10.1 Å². The molecule has 1 atom stereocenters. The molecule has 1 heterocycles. The summed E-state index contributed by atoms with van der Waals surface area (Å²) in [4.78, 5) is 18.3. The summed E-state index contributed by atoms with van der Waals surface area (Å²) in [6, 6.07) is 8.42. The average molecular weight is 517 g/mol. The lowest BCUT2D eigenvalue weighted by Crippen LogP contribution is -2.40. The summed E-state index contributed by atoms with van der Waals surface area (Å²) in [5, 5.41) is 3.43. The maximum atomic E-state index is 11.1. The Morgan fingerprint density at radius 3 is 2.55 bits per heavy atom. The van der Waals surface area contributed by atoms with Gasteiger partial charge in [0.1, 0.15) is 5.75 Å². The lowest BCUT2D eigenvalue weighted by atomic mass is 9.98. The first-order valence-corrected chi connectivity index (χ1v) is 10.4. The minimum absolute atomic E-state index is 0. The van der Waals surface area contributed by atoms with Gasteiger partial charge in [-0.2, -0.15) is 0 Å². The maximum Gasteiger partial charge on any atom is 0.305 e. The molecule has 1 aromatic rings. The molecule has 1 N–H and O–H groups in total. The van der Waals surface area contributed by atoms with E-state index in [4.69, 9.17) is 9.73 Å². The van der Waals surface area contributed by atoms with E-state index in [1.54, 1.807) is 7.11 Å². The number of esters is 1. The van der Waals surface area contributed by atoms with Crippen molar-refractivity contribution in [1.29, 1.82) is 0 Å². The topological polar surface area (TPSA) is 63.2 Å². The zero-order valence-corrected chi connectivity index (χ0v) is 20.3. The van der Waals surface area contributed by atoms with Gasteiger partial charge in [-0.3, -0.25) is 9.79 Å². The molecule has 1 fully saturated rings. The Balaban J connectivity index is 0.00000420. The van der Waals surface area contributed by atoms with Crippen LogP contribution in [0, 0.1) is 0 Å². The normalized spacial score (nSPS) is 16.3. The molecule has 0 amide bonds. The molecule has 164 valence electrons. The summed E-state index contributed by atoms with van der Waals surface area (Å²) in [6.07, 6.45) is 5.74. The summed E-state index contributed by atoms with van der Waals surface area (Å²) in [5.41, 5.74) is 1.37. The Kier molecular flexibility index (Phi) is 12.7. The van der Waals surface area contributed by atoms with E-state index in [0.29, 0.717) is 12.3 Å². The molecule has 7 heteroatoms. The van der Waals surface area contributed by atoms with Gasteiger partial charge in [-0.05, 0) is 43.9 Å². The number of aliphatic imine (C=N–C) groups is 1. The minimum atomic E-state index is -0.118. The predicted molar refractivity (Wildman–Crippen MR) is 128 cm³/mol. The fourth-order valence-corrected chi connectivity index (χ4v) is 3.55. The Morgan fingerprint density at radius 1 is 1.17 bits per heavy atom. The Hall–Kier alpha value is -1.51. The molecule has 1 aliphatic rings. The van der Waals surface area contributed by atoms with Crippen molar-refractivity contribution < 1.29 is 14.3 Å². The standard InChI is InChI=1S/C22H35N3O3.HI/c1-4-23-22(24-15-8-6-5-7-9-21(26)28-3)25-16-14-19(17-25)18-10-12-20(27-2)13-11-18;/h10-13,19H,4-9,14-17H2,1-3H3,(H,23,24);1H. The van der Waals surface area contributed by atoms with E-state index in [-0.39, 0.29) is 29.9 Å². The van der Waals surface area contributed by atoms with Crippen LogP contribution in [0.15, 0.2) is 29.3 Å². The highest BCUT2D eigenvalue weighted by molar-refractivity contribution is 14.0. The van der Waals surface area contributed by atoms with Crippen molar-refractivity contribution in [3.8, 4) is 5.75 Å². The molecule has 29 heavy (non-hydrogen) atoms. The molecule has 0 aromatic heterocycles. The van der Waals surface area contributed by atoms with Crippen molar-refractivity contribution in [2.45, 2.75) is 51.4 Å². The van der Waals surface area contributed by atoms with Crippen molar-refractivity contribution in [2.75, 3.05) is 40.4 Å². The smallest absolute Gasteiger partial charge is 0.305 e. The lowest BCUT2D eigenvalue weighted by molar-refractivity contribution is -0.140. The van der Waals surface area contributed by atoms with E-state index in [1.807, 2.05) is 12.1 Å². The van der Waals surface area contributed by atoms with Crippen LogP contribution in [-0.2, 0) is 9.53 Å². The number of hydrogen-bond acceptors (Lipinski definition) is 4. The molecule has 0 spiro atoms. The summed E-state index contributed by atoms with van der Waals surface area (Å²) in [5.74, 6) is 2.34. The average Bonchev–Trinajstić information content (AvgIpc) is 3.22. The second-order valence-corrected chi connectivity index (χ2v) is 7.18. The highest BCUT2D eigenvalue weighted by atomic mass is 127. The summed E-state index contributed by atoms with van der Waals surface area (Å²) >= 11 is 0. The van der Waals surface area contributed by atoms with Crippen LogP contribution in [0.4, 0.5) is 0 Å². The molecule has 0 aliphatic carbocycles. The van der Waals surface area contributed by atoms with Crippen molar-refractivity contribution in [3.05, 3.63) is 29.8 Å². The van der Waals surface area contributed by atoms with Crippen LogP contribution in [0.1, 0.15) is 56.9 Å². The summed E-state index contributed by atoms with van der Waals surface area (Å²) in [7, 11) is 3.14. The first kappa shape index (κ1) is 25.5. The zero-order valence-electron chi connectivity index (χ0n) is 18.0. The zero-order chi connectivity index (χ0) is 20.2. The van der Waals surface area contributed by atoms with Gasteiger partial charge >= 0.3 is 5.97 Å². The number of nitrogens with one attached hydrogen (secondary N) is 1. The molecule has 1 aromatic carbocycles.